The SMILES string of the molecule is COCC(C)(NC(=O)Cn1ccc2ccccc21)C(=O)O. The van der Waals surface area contributed by atoms with Gasteiger partial charge >= 0.3 is 5.97 Å². The van der Waals surface area contributed by atoms with E-state index in [2.05, 4.69) is 5.32 Å². The Morgan fingerprint density at radius 2 is 2.05 bits per heavy atom. The van der Waals surface area contributed by atoms with Crippen molar-refractivity contribution in [1.82, 2.24) is 9.88 Å². The summed E-state index contributed by atoms with van der Waals surface area (Å²) in [6.07, 6.45) is 1.80. The fourth-order valence-electron chi connectivity index (χ4n) is 2.22. The molecule has 1 atom stereocenters. The molecule has 1 heterocycles. The number of methoxy groups -OCH3 is 1. The van der Waals surface area contributed by atoms with Gasteiger partial charge in [-0.3, -0.25) is 4.79 Å². The Labute approximate surface area is 122 Å². The molecule has 0 radical (unpaired) electrons. The molecule has 0 aliphatic carbocycles. The van der Waals surface area contributed by atoms with Gasteiger partial charge in [-0.15, -0.1) is 0 Å². The number of carboxylic acid groups (broad SMARTS) is 1. The monoisotopic (exact) mass is 290 g/mol. The molecule has 0 spiro atoms. The smallest absolute Gasteiger partial charge is 0.331 e. The van der Waals surface area contributed by atoms with Crippen LogP contribution in [0.5, 0.6) is 0 Å². The van der Waals surface area contributed by atoms with Gasteiger partial charge in [-0.05, 0) is 24.4 Å². The van der Waals surface area contributed by atoms with E-state index in [-0.39, 0.29) is 19.1 Å². The highest BCUT2D eigenvalue weighted by Gasteiger charge is 2.34. The van der Waals surface area contributed by atoms with Crippen LogP contribution in [-0.2, 0) is 20.9 Å². The Kier molecular flexibility index (Phi) is 4.28. The van der Waals surface area contributed by atoms with Crippen molar-refractivity contribution >= 4 is 22.8 Å². The highest BCUT2D eigenvalue weighted by molar-refractivity contribution is 5.88. The number of para-hydroxylation sites is 1. The summed E-state index contributed by atoms with van der Waals surface area (Å²) in [5, 5.41) is 12.8. The van der Waals surface area contributed by atoms with Crippen molar-refractivity contribution in [3.05, 3.63) is 36.5 Å². The Bertz CT molecular complexity index is 664. The molecule has 0 saturated carbocycles. The van der Waals surface area contributed by atoms with E-state index >= 15 is 0 Å². The minimum absolute atomic E-state index is 0.0557. The zero-order chi connectivity index (χ0) is 15.5. The Hall–Kier alpha value is -2.34. The molecule has 0 fully saturated rings. The van der Waals surface area contributed by atoms with Gasteiger partial charge in [0.25, 0.3) is 0 Å². The summed E-state index contributed by atoms with van der Waals surface area (Å²) in [6.45, 7) is 1.38. The fourth-order valence-corrected chi connectivity index (χ4v) is 2.22. The third-order valence-electron chi connectivity index (χ3n) is 3.31. The minimum Gasteiger partial charge on any atom is -0.479 e. The van der Waals surface area contributed by atoms with Gasteiger partial charge in [0.15, 0.2) is 5.54 Å². The number of hydrogen-bond acceptors (Lipinski definition) is 3. The summed E-state index contributed by atoms with van der Waals surface area (Å²) in [6, 6.07) is 9.59. The average Bonchev–Trinajstić information content (AvgIpc) is 2.82. The molecule has 21 heavy (non-hydrogen) atoms. The molecule has 6 nitrogen and oxygen atoms in total. The molecule has 1 amide bonds. The lowest BCUT2D eigenvalue weighted by Gasteiger charge is -2.25. The number of fused-ring (bicyclic) bond motifs is 1. The highest BCUT2D eigenvalue weighted by Crippen LogP contribution is 2.15. The topological polar surface area (TPSA) is 80.6 Å². The van der Waals surface area contributed by atoms with Crippen LogP contribution >= 0.6 is 0 Å². The van der Waals surface area contributed by atoms with E-state index in [1.54, 1.807) is 10.8 Å². The maximum absolute atomic E-state index is 12.1. The van der Waals surface area contributed by atoms with Crippen LogP contribution in [0.1, 0.15) is 6.92 Å². The van der Waals surface area contributed by atoms with E-state index in [0.717, 1.165) is 10.9 Å². The molecular weight excluding hydrogens is 272 g/mol. The summed E-state index contributed by atoms with van der Waals surface area (Å²) in [7, 11) is 1.40. The normalized spacial score (nSPS) is 13.8. The predicted octanol–water partition coefficient (Wildman–Crippen LogP) is 1.25. The zero-order valence-electron chi connectivity index (χ0n) is 12.0. The molecule has 1 aromatic heterocycles. The Morgan fingerprint density at radius 3 is 2.71 bits per heavy atom. The van der Waals surface area contributed by atoms with Crippen molar-refractivity contribution in [3.63, 3.8) is 0 Å². The summed E-state index contributed by atoms with van der Waals surface area (Å²) < 4.78 is 6.65. The summed E-state index contributed by atoms with van der Waals surface area (Å²) in [5.74, 6) is -1.51. The molecule has 0 saturated heterocycles. The van der Waals surface area contributed by atoms with Gasteiger partial charge in [-0.1, -0.05) is 18.2 Å². The number of carbonyl (C=O) groups excluding carboxylic acids is 1. The van der Waals surface area contributed by atoms with Gasteiger partial charge in [0.1, 0.15) is 6.54 Å². The zero-order valence-corrected chi connectivity index (χ0v) is 12.0. The third-order valence-corrected chi connectivity index (χ3v) is 3.31. The number of amides is 1. The molecule has 2 N–H and O–H groups in total. The van der Waals surface area contributed by atoms with Crippen LogP contribution in [0.3, 0.4) is 0 Å². The number of hydrogen-bond donors (Lipinski definition) is 2. The lowest BCUT2D eigenvalue weighted by molar-refractivity contribution is -0.149. The first-order valence-electron chi connectivity index (χ1n) is 6.53. The lowest BCUT2D eigenvalue weighted by Crippen LogP contribution is -2.56. The molecule has 6 heteroatoms. The van der Waals surface area contributed by atoms with E-state index in [0.29, 0.717) is 0 Å². The van der Waals surface area contributed by atoms with Gasteiger partial charge in [0.2, 0.25) is 5.91 Å². The van der Waals surface area contributed by atoms with E-state index in [1.165, 1.54) is 14.0 Å². The Balaban J connectivity index is 2.12. The third kappa shape index (κ3) is 3.22. The second-order valence-corrected chi connectivity index (χ2v) is 5.12. The Morgan fingerprint density at radius 1 is 1.33 bits per heavy atom. The van der Waals surface area contributed by atoms with E-state index in [9.17, 15) is 14.7 Å². The van der Waals surface area contributed by atoms with Crippen LogP contribution in [0.2, 0.25) is 0 Å². The second kappa shape index (κ2) is 5.97. The number of rotatable bonds is 6. The van der Waals surface area contributed by atoms with Crippen molar-refractivity contribution in [1.29, 1.82) is 0 Å². The molecule has 2 rings (SSSR count). The molecule has 0 bridgehead atoms. The van der Waals surface area contributed by atoms with Gasteiger partial charge in [-0.25, -0.2) is 4.79 Å². The number of carboxylic acids is 1. The maximum Gasteiger partial charge on any atom is 0.331 e. The van der Waals surface area contributed by atoms with E-state index < -0.39 is 11.5 Å². The second-order valence-electron chi connectivity index (χ2n) is 5.12. The lowest BCUT2D eigenvalue weighted by atomic mass is 10.0. The van der Waals surface area contributed by atoms with Crippen molar-refractivity contribution in [3.8, 4) is 0 Å². The summed E-state index contributed by atoms with van der Waals surface area (Å²) in [4.78, 5) is 23.4. The maximum atomic E-state index is 12.1. The summed E-state index contributed by atoms with van der Waals surface area (Å²) >= 11 is 0. The van der Waals surface area contributed by atoms with Crippen molar-refractivity contribution < 1.29 is 19.4 Å². The molecule has 112 valence electrons. The number of carbonyl (C=O) groups is 2. The van der Waals surface area contributed by atoms with Crippen LogP contribution in [0.4, 0.5) is 0 Å². The number of aromatic nitrogens is 1. The number of nitrogens with zero attached hydrogens (tertiary/aromatic N) is 1. The van der Waals surface area contributed by atoms with Crippen LogP contribution in [-0.4, -0.2) is 40.8 Å². The van der Waals surface area contributed by atoms with Gasteiger partial charge in [-0.2, -0.15) is 0 Å². The number of benzene rings is 1. The van der Waals surface area contributed by atoms with Crippen molar-refractivity contribution in [2.75, 3.05) is 13.7 Å². The van der Waals surface area contributed by atoms with Crippen LogP contribution in [0.25, 0.3) is 10.9 Å². The number of ether oxygens (including phenoxy) is 1. The molecule has 1 unspecified atom stereocenters. The van der Waals surface area contributed by atoms with E-state index in [1.807, 2.05) is 30.3 Å². The molecule has 2 aromatic rings. The standard InChI is InChI=1S/C15H18N2O4/c1-15(10-21-2,14(19)20)16-13(18)9-17-8-7-11-5-3-4-6-12(11)17/h3-8H,9-10H2,1-2H3,(H,16,18)(H,19,20). The predicted molar refractivity (Wildman–Crippen MR) is 78.0 cm³/mol. The fraction of sp³-hybridized carbons (Fsp3) is 0.333. The highest BCUT2D eigenvalue weighted by atomic mass is 16.5. The minimum atomic E-state index is -1.44. The molecular formula is C15H18N2O4. The first-order chi connectivity index (χ1) is 9.96. The van der Waals surface area contributed by atoms with Crippen LogP contribution in [0.15, 0.2) is 36.5 Å². The molecule has 0 aliphatic rings. The van der Waals surface area contributed by atoms with Crippen molar-refractivity contribution in [2.45, 2.75) is 19.0 Å². The first-order valence-corrected chi connectivity index (χ1v) is 6.53. The number of nitrogens with one attached hydrogen (secondary N) is 1. The molecule has 1 aromatic carbocycles. The van der Waals surface area contributed by atoms with Gasteiger partial charge in [0.05, 0.1) is 6.61 Å². The van der Waals surface area contributed by atoms with Crippen LogP contribution in [0, 0.1) is 0 Å². The van der Waals surface area contributed by atoms with Gasteiger partial charge < -0.3 is 19.7 Å². The first kappa shape index (κ1) is 15.1. The largest absolute Gasteiger partial charge is 0.479 e. The number of aliphatic carboxylic acids is 1. The van der Waals surface area contributed by atoms with Crippen molar-refractivity contribution in [2.24, 2.45) is 0 Å². The summed E-state index contributed by atoms with van der Waals surface area (Å²) in [5.41, 5.74) is -0.508. The van der Waals surface area contributed by atoms with E-state index in [4.69, 9.17) is 4.74 Å². The van der Waals surface area contributed by atoms with Crippen LogP contribution < -0.4 is 5.32 Å². The molecule has 0 aliphatic heterocycles. The quantitative estimate of drug-likeness (QED) is 0.839. The van der Waals surface area contributed by atoms with Gasteiger partial charge in [0, 0.05) is 18.8 Å². The average molecular weight is 290 g/mol.